The van der Waals surface area contributed by atoms with E-state index >= 15 is 0 Å². The zero-order chi connectivity index (χ0) is 13.1. The number of aromatic nitrogens is 1. The van der Waals surface area contributed by atoms with Crippen molar-refractivity contribution in [3.8, 4) is 0 Å². The molecule has 0 aromatic carbocycles. The summed E-state index contributed by atoms with van der Waals surface area (Å²) in [6.45, 7) is 6.65. The number of hydrogen-bond acceptors (Lipinski definition) is 3. The fourth-order valence-electron chi connectivity index (χ4n) is 2.63. The summed E-state index contributed by atoms with van der Waals surface area (Å²) < 4.78 is 0. The molecule has 1 fully saturated rings. The van der Waals surface area contributed by atoms with E-state index in [4.69, 9.17) is 11.6 Å². The van der Waals surface area contributed by atoms with Gasteiger partial charge in [0.1, 0.15) is 5.15 Å². The number of likely N-dealkylation sites (tertiary alicyclic amines) is 1. The normalized spacial score (nSPS) is 22.8. The zero-order valence-electron chi connectivity index (χ0n) is 11.4. The topological polar surface area (TPSA) is 28.2 Å². The largest absolute Gasteiger partial charge is 0.381 e. The van der Waals surface area contributed by atoms with Gasteiger partial charge in [-0.3, -0.25) is 0 Å². The maximum Gasteiger partial charge on any atom is 0.132 e. The molecule has 1 N–H and O–H groups in total. The van der Waals surface area contributed by atoms with E-state index in [0.717, 1.165) is 11.3 Å². The van der Waals surface area contributed by atoms with Crippen LogP contribution in [0.25, 0.3) is 0 Å². The molecule has 0 bridgehead atoms. The minimum atomic E-state index is 0.468. The van der Waals surface area contributed by atoms with Gasteiger partial charge >= 0.3 is 0 Å². The van der Waals surface area contributed by atoms with Gasteiger partial charge in [0.15, 0.2) is 0 Å². The van der Waals surface area contributed by atoms with Crippen LogP contribution in [0.15, 0.2) is 12.3 Å². The van der Waals surface area contributed by atoms with Crippen molar-refractivity contribution in [2.24, 2.45) is 5.92 Å². The van der Waals surface area contributed by atoms with Crippen molar-refractivity contribution in [1.29, 1.82) is 0 Å². The van der Waals surface area contributed by atoms with Gasteiger partial charge in [0.05, 0.1) is 11.9 Å². The van der Waals surface area contributed by atoms with E-state index < -0.39 is 0 Å². The third kappa shape index (κ3) is 3.36. The zero-order valence-corrected chi connectivity index (χ0v) is 12.2. The molecule has 1 aromatic rings. The summed E-state index contributed by atoms with van der Waals surface area (Å²) in [4.78, 5) is 6.60. The molecule has 1 aliphatic rings. The standard InChI is InChI=1S/C14H22ClN3/c1-10-7-13(8-16-14(10)15)17-11(2)12-5-4-6-18(3)9-12/h7-8,11-12,17H,4-6,9H2,1-3H3. The molecule has 4 heteroatoms. The van der Waals surface area contributed by atoms with Crippen LogP contribution in [0.2, 0.25) is 5.15 Å². The summed E-state index contributed by atoms with van der Waals surface area (Å²) in [6.07, 6.45) is 4.42. The fourth-order valence-corrected chi connectivity index (χ4v) is 2.74. The summed E-state index contributed by atoms with van der Waals surface area (Å²) in [6, 6.07) is 2.54. The predicted molar refractivity (Wildman–Crippen MR) is 77.3 cm³/mol. The summed E-state index contributed by atoms with van der Waals surface area (Å²) in [5, 5.41) is 4.14. The van der Waals surface area contributed by atoms with Crippen molar-refractivity contribution in [1.82, 2.24) is 9.88 Å². The van der Waals surface area contributed by atoms with Crippen molar-refractivity contribution < 1.29 is 0 Å². The Morgan fingerprint density at radius 3 is 3.00 bits per heavy atom. The molecule has 100 valence electrons. The first-order valence-corrected chi connectivity index (χ1v) is 7.01. The molecule has 0 saturated carbocycles. The predicted octanol–water partition coefficient (Wildman–Crippen LogP) is 3.19. The summed E-state index contributed by atoms with van der Waals surface area (Å²) >= 11 is 5.94. The first-order valence-electron chi connectivity index (χ1n) is 6.63. The van der Waals surface area contributed by atoms with Crippen LogP contribution >= 0.6 is 11.6 Å². The average Bonchev–Trinajstić information content (AvgIpc) is 2.34. The highest BCUT2D eigenvalue weighted by molar-refractivity contribution is 6.30. The van der Waals surface area contributed by atoms with Crippen molar-refractivity contribution in [3.63, 3.8) is 0 Å². The minimum absolute atomic E-state index is 0.468. The van der Waals surface area contributed by atoms with Crippen LogP contribution in [-0.4, -0.2) is 36.1 Å². The van der Waals surface area contributed by atoms with Crippen LogP contribution < -0.4 is 5.32 Å². The van der Waals surface area contributed by atoms with Gasteiger partial charge < -0.3 is 10.2 Å². The van der Waals surface area contributed by atoms with E-state index in [9.17, 15) is 0 Å². The van der Waals surface area contributed by atoms with Gasteiger partial charge in [-0.1, -0.05) is 11.6 Å². The van der Waals surface area contributed by atoms with E-state index in [1.807, 2.05) is 13.1 Å². The number of anilines is 1. The maximum absolute atomic E-state index is 5.94. The summed E-state index contributed by atoms with van der Waals surface area (Å²) in [5.41, 5.74) is 2.09. The first-order chi connectivity index (χ1) is 8.56. The van der Waals surface area contributed by atoms with Crippen molar-refractivity contribution in [3.05, 3.63) is 23.0 Å². The lowest BCUT2D eigenvalue weighted by molar-refractivity contribution is 0.197. The first kappa shape index (κ1) is 13.6. The Morgan fingerprint density at radius 2 is 2.33 bits per heavy atom. The third-order valence-corrected chi connectivity index (χ3v) is 4.17. The molecule has 1 aromatic heterocycles. The number of aryl methyl sites for hydroxylation is 1. The molecule has 2 unspecified atom stereocenters. The van der Waals surface area contributed by atoms with Crippen LogP contribution in [0.3, 0.4) is 0 Å². The molecule has 1 saturated heterocycles. The lowest BCUT2D eigenvalue weighted by atomic mass is 9.92. The van der Waals surface area contributed by atoms with Gasteiger partial charge in [-0.15, -0.1) is 0 Å². The molecular formula is C14H22ClN3. The lowest BCUT2D eigenvalue weighted by Gasteiger charge is -2.34. The molecule has 0 spiro atoms. The second-order valence-corrected chi connectivity index (χ2v) is 5.79. The number of piperidine rings is 1. The molecule has 2 heterocycles. The van der Waals surface area contributed by atoms with Gasteiger partial charge in [-0.2, -0.15) is 0 Å². The molecular weight excluding hydrogens is 246 g/mol. The van der Waals surface area contributed by atoms with Crippen molar-refractivity contribution >= 4 is 17.3 Å². The Labute approximate surface area is 115 Å². The number of halogens is 1. The molecule has 2 atom stereocenters. The van der Waals surface area contributed by atoms with Crippen LogP contribution in [0.5, 0.6) is 0 Å². The molecule has 18 heavy (non-hydrogen) atoms. The molecule has 3 nitrogen and oxygen atoms in total. The van der Waals surface area contributed by atoms with Gasteiger partial charge in [-0.05, 0) is 57.8 Å². The van der Waals surface area contributed by atoms with E-state index in [-0.39, 0.29) is 0 Å². The molecule has 0 aliphatic carbocycles. The Morgan fingerprint density at radius 1 is 1.56 bits per heavy atom. The van der Waals surface area contributed by atoms with Crippen LogP contribution in [0, 0.1) is 12.8 Å². The Balaban J connectivity index is 1.97. The van der Waals surface area contributed by atoms with E-state index in [2.05, 4.69) is 35.2 Å². The van der Waals surface area contributed by atoms with Crippen molar-refractivity contribution in [2.45, 2.75) is 32.7 Å². The SMILES string of the molecule is Cc1cc(NC(C)C2CCCN(C)C2)cnc1Cl. The van der Waals surface area contributed by atoms with E-state index in [0.29, 0.717) is 17.1 Å². The monoisotopic (exact) mass is 267 g/mol. The number of nitrogens with one attached hydrogen (secondary N) is 1. The van der Waals surface area contributed by atoms with Crippen molar-refractivity contribution in [2.75, 3.05) is 25.5 Å². The highest BCUT2D eigenvalue weighted by atomic mass is 35.5. The molecule has 0 radical (unpaired) electrons. The Hall–Kier alpha value is -0.800. The smallest absolute Gasteiger partial charge is 0.132 e. The molecule has 1 aliphatic heterocycles. The number of nitrogens with zero attached hydrogens (tertiary/aromatic N) is 2. The highest BCUT2D eigenvalue weighted by Crippen LogP contribution is 2.23. The van der Waals surface area contributed by atoms with Crippen LogP contribution in [0.1, 0.15) is 25.3 Å². The fraction of sp³-hybridized carbons (Fsp3) is 0.643. The Kier molecular flexibility index (Phi) is 4.46. The van der Waals surface area contributed by atoms with Gasteiger partial charge in [0.2, 0.25) is 0 Å². The number of rotatable bonds is 3. The van der Waals surface area contributed by atoms with E-state index in [1.54, 1.807) is 0 Å². The molecule has 2 rings (SSSR count). The number of hydrogen-bond donors (Lipinski definition) is 1. The Bertz CT molecular complexity index is 408. The van der Waals surface area contributed by atoms with Gasteiger partial charge in [-0.25, -0.2) is 4.98 Å². The minimum Gasteiger partial charge on any atom is -0.381 e. The highest BCUT2D eigenvalue weighted by Gasteiger charge is 2.22. The second kappa shape index (κ2) is 5.89. The molecule has 0 amide bonds. The number of pyridine rings is 1. The van der Waals surface area contributed by atoms with Gasteiger partial charge in [0.25, 0.3) is 0 Å². The van der Waals surface area contributed by atoms with Crippen LogP contribution in [0.4, 0.5) is 5.69 Å². The van der Waals surface area contributed by atoms with Crippen LogP contribution in [-0.2, 0) is 0 Å². The van der Waals surface area contributed by atoms with Gasteiger partial charge in [0, 0.05) is 12.6 Å². The maximum atomic E-state index is 5.94. The second-order valence-electron chi connectivity index (χ2n) is 5.43. The lowest BCUT2D eigenvalue weighted by Crippen LogP contribution is -2.39. The van der Waals surface area contributed by atoms with E-state index in [1.165, 1.54) is 25.9 Å². The average molecular weight is 268 g/mol. The third-order valence-electron chi connectivity index (χ3n) is 3.78. The summed E-state index contributed by atoms with van der Waals surface area (Å²) in [7, 11) is 2.20. The quantitative estimate of drug-likeness (QED) is 0.853. The summed E-state index contributed by atoms with van der Waals surface area (Å²) in [5.74, 6) is 0.708.